The van der Waals surface area contributed by atoms with Crippen LogP contribution in [0.1, 0.15) is 33.6 Å². The van der Waals surface area contributed by atoms with Gasteiger partial charge in [-0.05, 0) is 39.4 Å². The fourth-order valence-corrected chi connectivity index (χ4v) is 4.16. The van der Waals surface area contributed by atoms with Gasteiger partial charge in [0.15, 0.2) is 0 Å². The average molecular weight is 303 g/mol. The normalized spacial score (nSPS) is 29.8. The van der Waals surface area contributed by atoms with Crippen LogP contribution in [0.25, 0.3) is 0 Å². The second-order valence-corrected chi connectivity index (χ2v) is 8.07. The quantitative estimate of drug-likeness (QED) is 0.808. The molecule has 2 N–H and O–H groups in total. The highest BCUT2D eigenvalue weighted by atomic mass is 32.2. The molecule has 6 heteroatoms. The topological polar surface area (TPSA) is 70.0 Å². The Balaban J connectivity index is 1.99. The smallest absolute Gasteiger partial charge is 0.410 e. The fourth-order valence-electron chi connectivity index (χ4n) is 2.88. The maximum absolute atomic E-state index is 12.0. The van der Waals surface area contributed by atoms with Crippen molar-refractivity contribution in [2.45, 2.75) is 44.8 Å². The zero-order valence-corrected chi connectivity index (χ0v) is 13.3. The Hall–Kier alpha value is -0.460. The van der Waals surface area contributed by atoms with Crippen LogP contribution in [-0.4, -0.2) is 63.6 Å². The number of likely N-dealkylation sites (tertiary alicyclic amines) is 1. The van der Waals surface area contributed by atoms with Crippen LogP contribution in [0.4, 0.5) is 4.79 Å². The molecule has 2 fully saturated rings. The molecular weight excluding hydrogens is 278 g/mol. The number of rotatable bonds is 2. The third-order valence-corrected chi connectivity index (χ3v) is 5.41. The summed E-state index contributed by atoms with van der Waals surface area (Å²) in [7, 11) is 0. The van der Waals surface area contributed by atoms with E-state index >= 15 is 0 Å². The molecule has 2 saturated heterocycles. The number of thioether (sulfide) groups is 1. The van der Waals surface area contributed by atoms with E-state index in [1.165, 1.54) is 0 Å². The van der Waals surface area contributed by atoms with Crippen molar-refractivity contribution in [3.63, 3.8) is 0 Å². The average Bonchev–Trinajstić information content (AvgIpc) is 2.26. The van der Waals surface area contributed by atoms with Crippen LogP contribution in [0, 0.1) is 5.41 Å². The summed E-state index contributed by atoms with van der Waals surface area (Å²) in [4.78, 5) is 13.5. The van der Waals surface area contributed by atoms with Gasteiger partial charge in [0.2, 0.25) is 0 Å². The summed E-state index contributed by atoms with van der Waals surface area (Å²) >= 11 is 1.72. The van der Waals surface area contributed by atoms with Gasteiger partial charge in [-0.25, -0.2) is 4.79 Å². The number of aliphatic hydroxyl groups is 2. The summed E-state index contributed by atoms with van der Waals surface area (Å²) in [6.07, 6.45) is 1.28. The first-order valence-corrected chi connectivity index (χ1v) is 8.26. The predicted octanol–water partition coefficient (Wildman–Crippen LogP) is 1.47. The van der Waals surface area contributed by atoms with Crippen molar-refractivity contribution < 1.29 is 19.7 Å². The maximum Gasteiger partial charge on any atom is 0.410 e. The highest BCUT2D eigenvalue weighted by Crippen LogP contribution is 2.47. The molecule has 2 aliphatic rings. The number of aliphatic hydroxyl groups excluding tert-OH is 1. The minimum Gasteiger partial charge on any atom is -0.444 e. The first-order valence-electron chi connectivity index (χ1n) is 7.10. The van der Waals surface area contributed by atoms with E-state index in [9.17, 15) is 15.0 Å². The van der Waals surface area contributed by atoms with Crippen molar-refractivity contribution in [3.8, 4) is 0 Å². The van der Waals surface area contributed by atoms with Crippen molar-refractivity contribution in [3.05, 3.63) is 0 Å². The minimum atomic E-state index is -0.872. The SMILES string of the molecule is CC(C)(C)OC(=O)N1CC(CO)(C2(O)CCCSC2)C1. The van der Waals surface area contributed by atoms with Crippen molar-refractivity contribution in [2.75, 3.05) is 31.2 Å². The molecule has 1 atom stereocenters. The second-order valence-electron chi connectivity index (χ2n) is 6.96. The van der Waals surface area contributed by atoms with E-state index in [0.29, 0.717) is 25.3 Å². The first kappa shape index (κ1) is 15.9. The Labute approximate surface area is 124 Å². The van der Waals surface area contributed by atoms with Crippen molar-refractivity contribution in [1.82, 2.24) is 4.90 Å². The second kappa shape index (κ2) is 5.39. The molecule has 2 heterocycles. The lowest BCUT2D eigenvalue weighted by molar-refractivity contribution is -0.170. The highest BCUT2D eigenvalue weighted by molar-refractivity contribution is 7.99. The van der Waals surface area contributed by atoms with Crippen LogP contribution in [0.15, 0.2) is 0 Å². The number of ether oxygens (including phenoxy) is 1. The summed E-state index contributed by atoms with van der Waals surface area (Å²) in [6.45, 7) is 6.13. The Morgan fingerprint density at radius 2 is 2.05 bits per heavy atom. The van der Waals surface area contributed by atoms with E-state index in [0.717, 1.165) is 12.2 Å². The van der Waals surface area contributed by atoms with Gasteiger partial charge in [0.05, 0.1) is 17.6 Å². The van der Waals surface area contributed by atoms with Crippen LogP contribution >= 0.6 is 11.8 Å². The van der Waals surface area contributed by atoms with Gasteiger partial charge in [0.1, 0.15) is 5.60 Å². The van der Waals surface area contributed by atoms with Gasteiger partial charge >= 0.3 is 6.09 Å². The van der Waals surface area contributed by atoms with Crippen LogP contribution in [0.5, 0.6) is 0 Å². The van der Waals surface area contributed by atoms with E-state index in [1.54, 1.807) is 16.7 Å². The third-order valence-electron chi connectivity index (χ3n) is 4.15. The van der Waals surface area contributed by atoms with Gasteiger partial charge in [-0.1, -0.05) is 0 Å². The van der Waals surface area contributed by atoms with Crippen LogP contribution in [-0.2, 0) is 4.74 Å². The number of hydrogen-bond donors (Lipinski definition) is 2. The molecule has 0 aliphatic carbocycles. The number of carbonyl (C=O) groups is 1. The molecule has 5 nitrogen and oxygen atoms in total. The zero-order valence-electron chi connectivity index (χ0n) is 12.5. The van der Waals surface area contributed by atoms with Crippen LogP contribution < -0.4 is 0 Å². The summed E-state index contributed by atoms with van der Waals surface area (Å²) in [5.41, 5.74) is -1.98. The third kappa shape index (κ3) is 2.92. The summed E-state index contributed by atoms with van der Waals surface area (Å²) in [5, 5.41) is 20.6. The molecule has 0 bridgehead atoms. The standard InChI is InChI=1S/C14H25NO4S/c1-12(2,3)19-11(17)15-7-13(8-15,9-16)14(18)5-4-6-20-10-14/h16,18H,4-10H2,1-3H3. The van der Waals surface area contributed by atoms with Gasteiger partial charge < -0.3 is 19.8 Å². The Morgan fingerprint density at radius 3 is 2.50 bits per heavy atom. The number of carbonyl (C=O) groups excluding carboxylic acids is 1. The molecule has 0 aromatic heterocycles. The van der Waals surface area contributed by atoms with Gasteiger partial charge in [-0.3, -0.25) is 0 Å². The minimum absolute atomic E-state index is 0.0939. The first-order chi connectivity index (χ1) is 9.21. The van der Waals surface area contributed by atoms with Crippen molar-refractivity contribution >= 4 is 17.9 Å². The van der Waals surface area contributed by atoms with E-state index in [1.807, 2.05) is 20.8 Å². The summed E-state index contributed by atoms with van der Waals surface area (Å²) < 4.78 is 5.32. The molecule has 0 saturated carbocycles. The molecular formula is C14H25NO4S. The molecule has 1 amide bonds. The van der Waals surface area contributed by atoms with Gasteiger partial charge in [0, 0.05) is 18.8 Å². The Kier molecular flexibility index (Phi) is 4.29. The molecule has 2 rings (SSSR count). The fraction of sp³-hybridized carbons (Fsp3) is 0.929. The molecule has 0 radical (unpaired) electrons. The van der Waals surface area contributed by atoms with Crippen molar-refractivity contribution in [2.24, 2.45) is 5.41 Å². The highest BCUT2D eigenvalue weighted by Gasteiger charge is 2.59. The number of hydrogen-bond acceptors (Lipinski definition) is 5. The molecule has 116 valence electrons. The lowest BCUT2D eigenvalue weighted by Gasteiger charge is -2.57. The lowest BCUT2D eigenvalue weighted by atomic mass is 9.65. The maximum atomic E-state index is 12.0. The molecule has 0 aromatic carbocycles. The van der Waals surface area contributed by atoms with Crippen LogP contribution in [0.3, 0.4) is 0 Å². The van der Waals surface area contributed by atoms with Crippen LogP contribution in [0.2, 0.25) is 0 Å². The molecule has 0 spiro atoms. The van der Waals surface area contributed by atoms with E-state index in [-0.39, 0.29) is 12.7 Å². The van der Waals surface area contributed by atoms with E-state index in [2.05, 4.69) is 0 Å². The molecule has 2 aliphatic heterocycles. The van der Waals surface area contributed by atoms with Crippen molar-refractivity contribution in [1.29, 1.82) is 0 Å². The Bertz CT molecular complexity index is 368. The molecule has 0 aromatic rings. The number of amides is 1. The van der Waals surface area contributed by atoms with E-state index in [4.69, 9.17) is 4.74 Å². The van der Waals surface area contributed by atoms with Gasteiger partial charge in [0.25, 0.3) is 0 Å². The Morgan fingerprint density at radius 1 is 1.40 bits per heavy atom. The largest absolute Gasteiger partial charge is 0.444 e. The zero-order chi connectivity index (χ0) is 15.0. The summed E-state index contributed by atoms with van der Waals surface area (Å²) in [5.74, 6) is 1.69. The van der Waals surface area contributed by atoms with Gasteiger partial charge in [-0.15, -0.1) is 0 Å². The molecule has 20 heavy (non-hydrogen) atoms. The summed E-state index contributed by atoms with van der Waals surface area (Å²) in [6, 6.07) is 0. The monoisotopic (exact) mass is 303 g/mol. The number of nitrogens with zero attached hydrogens (tertiary/aromatic N) is 1. The van der Waals surface area contributed by atoms with Gasteiger partial charge in [-0.2, -0.15) is 11.8 Å². The predicted molar refractivity (Wildman–Crippen MR) is 78.8 cm³/mol. The molecule has 1 unspecified atom stereocenters. The lowest BCUT2D eigenvalue weighted by Crippen LogP contribution is -2.71. The van der Waals surface area contributed by atoms with E-state index < -0.39 is 16.6 Å².